The monoisotopic (exact) mass is 266 g/mol. The first-order valence-corrected chi connectivity index (χ1v) is 7.08. The lowest BCUT2D eigenvalue weighted by atomic mass is 9.87. The molecule has 0 aromatic heterocycles. The summed E-state index contributed by atoms with van der Waals surface area (Å²) in [7, 11) is 0. The standard InChI is InChI=1S/C16H27FN2/c1-5-19(15-9-7-6-8-14(15)17)11-10-13(18)12-16(2,3)4/h6-9,13H,5,10-12,18H2,1-4H3. The third-order valence-corrected chi connectivity index (χ3v) is 3.22. The third kappa shape index (κ3) is 5.60. The van der Waals surface area contributed by atoms with E-state index in [4.69, 9.17) is 5.73 Å². The van der Waals surface area contributed by atoms with E-state index in [0.29, 0.717) is 5.69 Å². The van der Waals surface area contributed by atoms with Crippen molar-refractivity contribution in [2.24, 2.45) is 11.1 Å². The van der Waals surface area contributed by atoms with E-state index in [1.54, 1.807) is 6.07 Å². The molecule has 19 heavy (non-hydrogen) atoms. The molecule has 2 N–H and O–H groups in total. The minimum absolute atomic E-state index is 0.159. The molecule has 0 saturated carbocycles. The highest BCUT2D eigenvalue weighted by atomic mass is 19.1. The molecule has 0 saturated heterocycles. The normalized spacial score (nSPS) is 13.4. The Kier molecular flexibility index (Phi) is 5.80. The average molecular weight is 266 g/mol. The molecule has 0 aliphatic carbocycles. The van der Waals surface area contributed by atoms with Gasteiger partial charge in [0.25, 0.3) is 0 Å². The summed E-state index contributed by atoms with van der Waals surface area (Å²) in [5.74, 6) is -0.159. The molecule has 1 rings (SSSR count). The zero-order valence-corrected chi connectivity index (χ0v) is 12.6. The van der Waals surface area contributed by atoms with Gasteiger partial charge in [0.05, 0.1) is 5.69 Å². The predicted molar refractivity (Wildman–Crippen MR) is 81.0 cm³/mol. The van der Waals surface area contributed by atoms with Gasteiger partial charge in [0, 0.05) is 19.1 Å². The summed E-state index contributed by atoms with van der Waals surface area (Å²) in [5, 5.41) is 0. The van der Waals surface area contributed by atoms with E-state index in [1.165, 1.54) is 6.07 Å². The summed E-state index contributed by atoms with van der Waals surface area (Å²) in [4.78, 5) is 2.05. The van der Waals surface area contributed by atoms with Crippen LogP contribution >= 0.6 is 0 Å². The topological polar surface area (TPSA) is 29.3 Å². The fraction of sp³-hybridized carbons (Fsp3) is 0.625. The van der Waals surface area contributed by atoms with Crippen LogP contribution in [0, 0.1) is 11.2 Å². The van der Waals surface area contributed by atoms with Crippen LogP contribution in [0.4, 0.5) is 10.1 Å². The van der Waals surface area contributed by atoms with E-state index in [9.17, 15) is 4.39 Å². The van der Waals surface area contributed by atoms with E-state index < -0.39 is 0 Å². The molecule has 2 nitrogen and oxygen atoms in total. The highest BCUT2D eigenvalue weighted by molar-refractivity contribution is 5.47. The van der Waals surface area contributed by atoms with Crippen LogP contribution in [-0.4, -0.2) is 19.1 Å². The molecule has 0 radical (unpaired) electrons. The van der Waals surface area contributed by atoms with Gasteiger partial charge in [-0.1, -0.05) is 32.9 Å². The highest BCUT2D eigenvalue weighted by Crippen LogP contribution is 2.23. The van der Waals surface area contributed by atoms with E-state index in [0.717, 1.165) is 25.9 Å². The van der Waals surface area contributed by atoms with Gasteiger partial charge in [0.1, 0.15) is 5.82 Å². The SMILES string of the molecule is CCN(CCC(N)CC(C)(C)C)c1ccccc1F. The van der Waals surface area contributed by atoms with Crippen molar-refractivity contribution in [1.82, 2.24) is 0 Å². The smallest absolute Gasteiger partial charge is 0.146 e. The molecule has 0 aliphatic rings. The van der Waals surface area contributed by atoms with E-state index >= 15 is 0 Å². The first kappa shape index (κ1) is 16.0. The van der Waals surface area contributed by atoms with Gasteiger partial charge < -0.3 is 10.6 Å². The molecule has 1 atom stereocenters. The molecule has 0 spiro atoms. The van der Waals surface area contributed by atoms with Crippen LogP contribution in [0.2, 0.25) is 0 Å². The fourth-order valence-corrected chi connectivity index (χ4v) is 2.37. The zero-order valence-electron chi connectivity index (χ0n) is 12.6. The van der Waals surface area contributed by atoms with Gasteiger partial charge >= 0.3 is 0 Å². The number of benzene rings is 1. The van der Waals surface area contributed by atoms with Crippen molar-refractivity contribution in [3.63, 3.8) is 0 Å². The molecule has 1 aromatic rings. The number of nitrogens with two attached hydrogens (primary N) is 1. The Morgan fingerprint density at radius 1 is 1.26 bits per heavy atom. The Labute approximate surface area is 116 Å². The average Bonchev–Trinajstić information content (AvgIpc) is 2.29. The second-order valence-corrected chi connectivity index (χ2v) is 6.34. The Hall–Kier alpha value is -1.09. The first-order chi connectivity index (χ1) is 8.83. The molecule has 1 unspecified atom stereocenters. The second-order valence-electron chi connectivity index (χ2n) is 6.34. The van der Waals surface area contributed by atoms with Gasteiger partial charge in [0.15, 0.2) is 0 Å². The quantitative estimate of drug-likeness (QED) is 0.848. The molecule has 0 fully saturated rings. The van der Waals surface area contributed by atoms with Crippen LogP contribution in [-0.2, 0) is 0 Å². The Balaban J connectivity index is 2.57. The van der Waals surface area contributed by atoms with Crippen molar-refractivity contribution in [2.75, 3.05) is 18.0 Å². The first-order valence-electron chi connectivity index (χ1n) is 7.08. The van der Waals surface area contributed by atoms with Crippen molar-refractivity contribution in [3.05, 3.63) is 30.1 Å². The minimum atomic E-state index is -0.159. The molecule has 108 valence electrons. The van der Waals surface area contributed by atoms with Crippen LogP contribution in [0.15, 0.2) is 24.3 Å². The molecule has 0 aliphatic heterocycles. The summed E-state index contributed by atoms with van der Waals surface area (Å²) in [6.45, 7) is 10.2. The van der Waals surface area contributed by atoms with E-state index in [1.807, 2.05) is 19.1 Å². The van der Waals surface area contributed by atoms with Crippen LogP contribution in [0.1, 0.15) is 40.5 Å². The van der Waals surface area contributed by atoms with Crippen molar-refractivity contribution in [2.45, 2.75) is 46.6 Å². The molecule has 0 amide bonds. The third-order valence-electron chi connectivity index (χ3n) is 3.22. The lowest BCUT2D eigenvalue weighted by Gasteiger charge is -2.27. The Morgan fingerprint density at radius 2 is 1.89 bits per heavy atom. The summed E-state index contributed by atoms with van der Waals surface area (Å²) in [5.41, 5.74) is 7.08. The summed E-state index contributed by atoms with van der Waals surface area (Å²) in [6, 6.07) is 7.09. The van der Waals surface area contributed by atoms with E-state index in [2.05, 4.69) is 25.7 Å². The summed E-state index contributed by atoms with van der Waals surface area (Å²) in [6.07, 6.45) is 1.88. The zero-order chi connectivity index (χ0) is 14.5. The lowest BCUT2D eigenvalue weighted by Crippen LogP contribution is -2.33. The number of nitrogens with zero attached hydrogens (tertiary/aromatic N) is 1. The van der Waals surface area contributed by atoms with Crippen molar-refractivity contribution in [1.29, 1.82) is 0 Å². The minimum Gasteiger partial charge on any atom is -0.369 e. The molecular formula is C16H27FN2. The maximum Gasteiger partial charge on any atom is 0.146 e. The Morgan fingerprint density at radius 3 is 2.42 bits per heavy atom. The second kappa shape index (κ2) is 6.90. The maximum absolute atomic E-state index is 13.7. The number of hydrogen-bond acceptors (Lipinski definition) is 2. The number of halogens is 1. The molecule has 0 heterocycles. The fourth-order valence-electron chi connectivity index (χ4n) is 2.37. The largest absolute Gasteiger partial charge is 0.369 e. The van der Waals surface area contributed by atoms with Crippen LogP contribution < -0.4 is 10.6 Å². The number of rotatable bonds is 6. The maximum atomic E-state index is 13.7. The van der Waals surface area contributed by atoms with E-state index in [-0.39, 0.29) is 17.3 Å². The molecule has 1 aromatic carbocycles. The van der Waals surface area contributed by atoms with Crippen LogP contribution in [0.5, 0.6) is 0 Å². The molecule has 0 bridgehead atoms. The lowest BCUT2D eigenvalue weighted by molar-refractivity contribution is 0.331. The van der Waals surface area contributed by atoms with Gasteiger partial charge in [-0.05, 0) is 37.3 Å². The Bertz CT molecular complexity index is 385. The number of anilines is 1. The number of para-hydroxylation sites is 1. The van der Waals surface area contributed by atoms with Crippen molar-refractivity contribution >= 4 is 5.69 Å². The van der Waals surface area contributed by atoms with Crippen molar-refractivity contribution < 1.29 is 4.39 Å². The van der Waals surface area contributed by atoms with Gasteiger partial charge in [-0.3, -0.25) is 0 Å². The van der Waals surface area contributed by atoms with Gasteiger partial charge in [-0.15, -0.1) is 0 Å². The summed E-state index contributed by atoms with van der Waals surface area (Å²) < 4.78 is 13.7. The van der Waals surface area contributed by atoms with Crippen molar-refractivity contribution in [3.8, 4) is 0 Å². The van der Waals surface area contributed by atoms with Gasteiger partial charge in [-0.25, -0.2) is 4.39 Å². The molecule has 3 heteroatoms. The van der Waals surface area contributed by atoms with Crippen LogP contribution in [0.3, 0.4) is 0 Å². The van der Waals surface area contributed by atoms with Crippen LogP contribution in [0.25, 0.3) is 0 Å². The van der Waals surface area contributed by atoms with Gasteiger partial charge in [-0.2, -0.15) is 0 Å². The predicted octanol–water partition coefficient (Wildman–Crippen LogP) is 3.81. The summed E-state index contributed by atoms with van der Waals surface area (Å²) >= 11 is 0. The molecular weight excluding hydrogens is 239 g/mol. The van der Waals surface area contributed by atoms with Gasteiger partial charge in [0.2, 0.25) is 0 Å². The highest BCUT2D eigenvalue weighted by Gasteiger charge is 2.17. The number of hydrogen-bond donors (Lipinski definition) is 1.